The molecule has 15 heteroatoms. The van der Waals surface area contributed by atoms with Gasteiger partial charge in [-0.2, -0.15) is 0 Å². The summed E-state index contributed by atoms with van der Waals surface area (Å²) in [5, 5.41) is 28.1. The van der Waals surface area contributed by atoms with Crippen molar-refractivity contribution in [2.45, 2.75) is 222 Å². The van der Waals surface area contributed by atoms with Crippen molar-refractivity contribution < 1.29 is 53.0 Å². The second kappa shape index (κ2) is 44.0. The third-order valence-electron chi connectivity index (χ3n) is 13.3. The molecule has 1 atom stereocenters. The van der Waals surface area contributed by atoms with Crippen molar-refractivity contribution in [1.82, 2.24) is 14.1 Å². The molecule has 0 bridgehead atoms. The monoisotopic (exact) mass is 1130 g/mol. The van der Waals surface area contributed by atoms with Gasteiger partial charge < -0.3 is 34.1 Å². The van der Waals surface area contributed by atoms with Crippen LogP contribution in [0.25, 0.3) is 16.7 Å². The van der Waals surface area contributed by atoms with E-state index in [1.165, 1.54) is 87.2 Å². The molecule has 0 saturated carbocycles. The van der Waals surface area contributed by atoms with Gasteiger partial charge in [0.1, 0.15) is 46.2 Å². The van der Waals surface area contributed by atoms with E-state index in [1.54, 1.807) is 18.2 Å². The number of hydrogen-bond donors (Lipinski definition) is 3. The van der Waals surface area contributed by atoms with Crippen molar-refractivity contribution in [2.75, 3.05) is 26.4 Å². The fourth-order valence-electron chi connectivity index (χ4n) is 8.59. The molecule has 1 unspecified atom stereocenters. The van der Waals surface area contributed by atoms with Crippen LogP contribution in [0.1, 0.15) is 210 Å². The Hall–Kier alpha value is -5.69. The molecule has 0 radical (unpaired) electrons. The van der Waals surface area contributed by atoms with Crippen molar-refractivity contribution in [2.24, 2.45) is 0 Å². The standard InChI is InChI=1S/C26H52O3.C14H13N3O.C11H20O4.C7H7O2P.C7H8O/c1-3-5-7-9-11-13-17-24-29-26(22-18-23-27)21-16-15-20-25(28)19-14-12-10-8-6-4-2;1-9-7-10(2)14(18)13(8-9)17-15-11-5-3-4-6-12(11)16(15)17;1-3-5-7-14-10(12)9-11(13)15-8-6-4-2;1-6-3-2-4-7(5-6)9-10-8;1-6-2-4-7(8)5-3-6/h26-27H,3-24H2,1-2H3;3-8,18H,1-2H3;3-9H2,1-2H3;2-5H,1H3;2-5,8H,1H3. The topological polar surface area (TPSA) is 180 Å². The summed E-state index contributed by atoms with van der Waals surface area (Å²) in [5.41, 5.74) is 7.51. The number of aromatic nitrogens is 3. The maximum absolute atomic E-state index is 12.0. The third kappa shape index (κ3) is 30.8. The molecule has 0 aliphatic rings. The number of benzene rings is 4. The van der Waals surface area contributed by atoms with E-state index in [-0.39, 0.29) is 27.8 Å². The Morgan fingerprint density at radius 1 is 0.537 bits per heavy atom. The summed E-state index contributed by atoms with van der Waals surface area (Å²) in [4.78, 5) is 36.1. The Morgan fingerprint density at radius 3 is 1.59 bits per heavy atom. The highest BCUT2D eigenvalue weighted by Crippen LogP contribution is 2.33. The minimum Gasteiger partial charge on any atom is -0.508 e. The minimum absolute atomic E-state index is 0.244. The molecule has 0 aliphatic heterocycles. The van der Waals surface area contributed by atoms with Gasteiger partial charge in [0.25, 0.3) is 0 Å². The van der Waals surface area contributed by atoms with Crippen molar-refractivity contribution in [3.8, 4) is 22.9 Å². The van der Waals surface area contributed by atoms with Crippen molar-refractivity contribution in [3.05, 3.63) is 107 Å². The van der Waals surface area contributed by atoms with Crippen LogP contribution >= 0.6 is 8.69 Å². The van der Waals surface area contributed by atoms with Crippen LogP contribution in [0.15, 0.2) is 84.9 Å². The fraction of sp³-hybridized carbons (Fsp3) is 0.585. The van der Waals surface area contributed by atoms with E-state index in [2.05, 4.69) is 26.0 Å². The van der Waals surface area contributed by atoms with E-state index in [0.29, 0.717) is 36.2 Å². The SMILES string of the molecule is CCCCCCCCCOC(CCCO)CCCCC(=O)CCCCCCCC.CCCCOC(=O)CC(=O)OCCCC.Cc1cc(C)c(O)c(-n2n3c4ccccc4n23)c1.Cc1ccc(O)cc1.Cc1cccc(OP=O)c1. The first kappa shape index (κ1) is 70.4. The molecule has 2 heterocycles. The molecule has 4 aromatic carbocycles. The first-order valence-electron chi connectivity index (χ1n) is 29.9. The first-order valence-corrected chi connectivity index (χ1v) is 30.6. The number of ether oxygens (including phenoxy) is 3. The number of hydrogen-bond acceptors (Lipinski definition) is 11. The quantitative estimate of drug-likeness (QED) is 0.0149. The number of rotatable bonds is 35. The second-order valence-corrected chi connectivity index (χ2v) is 21.1. The molecular formula is C65H100N3O11P. The van der Waals surface area contributed by atoms with E-state index < -0.39 is 11.9 Å². The molecule has 6 aromatic rings. The number of phenolic OH excluding ortho intramolecular Hbond substituents is 2. The summed E-state index contributed by atoms with van der Waals surface area (Å²) in [7, 11) is -0.302. The predicted octanol–water partition coefficient (Wildman–Crippen LogP) is 16.9. The average Bonchev–Trinajstić information content (AvgIpc) is 4.33. The summed E-state index contributed by atoms with van der Waals surface area (Å²) >= 11 is 0. The van der Waals surface area contributed by atoms with E-state index in [9.17, 15) is 24.1 Å². The number of esters is 2. The van der Waals surface area contributed by atoms with Crippen molar-refractivity contribution in [3.63, 3.8) is 0 Å². The number of phenols is 2. The van der Waals surface area contributed by atoms with Crippen LogP contribution in [-0.2, 0) is 33.2 Å². The molecule has 6 rings (SSSR count). The lowest BCUT2D eigenvalue weighted by Gasteiger charge is -2.17. The molecule has 3 N–H and O–H groups in total. The Bertz CT molecular complexity index is 2450. The molecule has 0 saturated heterocycles. The lowest BCUT2D eigenvalue weighted by atomic mass is 10.0. The number of ketones is 1. The molecule has 0 amide bonds. The summed E-state index contributed by atoms with van der Waals surface area (Å²) in [6.45, 7) is 18.3. The maximum Gasteiger partial charge on any atom is 0.395 e. The summed E-state index contributed by atoms with van der Waals surface area (Å²) in [6, 6.07) is 26.7. The summed E-state index contributed by atoms with van der Waals surface area (Å²) in [6.07, 6.45) is 26.6. The molecule has 0 spiro atoms. The van der Waals surface area contributed by atoms with Gasteiger partial charge in [-0.3, -0.25) is 14.4 Å². The number of aryl methyl sites for hydroxylation is 4. The average molecular weight is 1130 g/mol. The van der Waals surface area contributed by atoms with Gasteiger partial charge in [-0.25, -0.2) is 4.57 Å². The highest BCUT2D eigenvalue weighted by molar-refractivity contribution is 7.17. The van der Waals surface area contributed by atoms with Gasteiger partial charge in [0.15, 0.2) is 0 Å². The maximum atomic E-state index is 12.0. The van der Waals surface area contributed by atoms with Crippen LogP contribution in [0.4, 0.5) is 0 Å². The normalized spacial score (nSPS) is 11.2. The van der Waals surface area contributed by atoms with Crippen LogP contribution in [0.5, 0.6) is 17.2 Å². The number of carbonyl (C=O) groups is 3. The zero-order chi connectivity index (χ0) is 58.8. The molecule has 80 heavy (non-hydrogen) atoms. The number of nitrogens with zero attached hydrogens (tertiary/aromatic N) is 3. The van der Waals surface area contributed by atoms with Gasteiger partial charge in [0, 0.05) is 26.1 Å². The fourth-order valence-corrected chi connectivity index (χ4v) is 8.79. The van der Waals surface area contributed by atoms with Gasteiger partial charge in [-0.1, -0.05) is 166 Å². The van der Waals surface area contributed by atoms with Crippen LogP contribution in [0.3, 0.4) is 0 Å². The molecule has 0 aliphatic carbocycles. The number of unbranched alkanes of at least 4 members (excludes halogenated alkanes) is 14. The van der Waals surface area contributed by atoms with E-state index in [1.807, 2.05) is 110 Å². The zero-order valence-corrected chi connectivity index (χ0v) is 51.0. The van der Waals surface area contributed by atoms with Gasteiger partial charge in [0.2, 0.25) is 0 Å². The Balaban J connectivity index is 0.000000366. The van der Waals surface area contributed by atoms with E-state index >= 15 is 0 Å². The van der Waals surface area contributed by atoms with Gasteiger partial charge in [0.05, 0.1) is 19.3 Å². The highest BCUT2D eigenvalue weighted by Gasteiger charge is 2.25. The number of fused-ring (bicyclic) bond motifs is 4. The van der Waals surface area contributed by atoms with Crippen LogP contribution < -0.4 is 4.52 Å². The predicted molar refractivity (Wildman–Crippen MR) is 324 cm³/mol. The zero-order valence-electron chi connectivity index (χ0n) is 50.1. The van der Waals surface area contributed by atoms with E-state index in [0.717, 1.165) is 112 Å². The van der Waals surface area contributed by atoms with Crippen molar-refractivity contribution >= 4 is 37.4 Å². The Labute approximate surface area is 481 Å². The lowest BCUT2D eigenvalue weighted by Crippen LogP contribution is -2.15. The van der Waals surface area contributed by atoms with E-state index in [4.69, 9.17) is 28.9 Å². The molecule has 14 nitrogen and oxygen atoms in total. The van der Waals surface area contributed by atoms with Gasteiger partial charge in [-0.05, 0) is 138 Å². The Kier molecular flexibility index (Phi) is 38.8. The van der Waals surface area contributed by atoms with Gasteiger partial charge >= 0.3 is 20.6 Å². The molecule has 2 aromatic heterocycles. The highest BCUT2D eigenvalue weighted by atomic mass is 31.1. The molecule has 0 fully saturated rings. The molecular weight excluding hydrogens is 1030 g/mol. The lowest BCUT2D eigenvalue weighted by molar-refractivity contribution is -0.154. The minimum atomic E-state index is -0.495. The number of aromatic hydroxyl groups is 2. The van der Waals surface area contributed by atoms with Crippen LogP contribution in [0.2, 0.25) is 0 Å². The number of carbonyl (C=O) groups excluding carboxylic acids is 3. The van der Waals surface area contributed by atoms with Crippen molar-refractivity contribution in [1.29, 1.82) is 0 Å². The summed E-state index contributed by atoms with van der Waals surface area (Å²) < 4.78 is 34.5. The number of aliphatic hydroxyl groups excluding tert-OH is 1. The van der Waals surface area contributed by atoms with Crippen LogP contribution in [0, 0.1) is 27.7 Å². The largest absolute Gasteiger partial charge is 0.508 e. The molecule has 446 valence electrons. The smallest absolute Gasteiger partial charge is 0.395 e. The van der Waals surface area contributed by atoms with Crippen LogP contribution in [-0.4, -0.2) is 79.6 Å². The Morgan fingerprint density at radius 2 is 1.06 bits per heavy atom. The number of para-hydroxylation sites is 2. The number of Topliss-reactive ketones (excluding diaryl/α,β-unsaturated/α-hetero) is 1. The summed E-state index contributed by atoms with van der Waals surface area (Å²) in [5.74, 6) is 0.763. The second-order valence-electron chi connectivity index (χ2n) is 20.7. The van der Waals surface area contributed by atoms with Gasteiger partial charge in [-0.15, -0.1) is 14.1 Å². The third-order valence-corrected chi connectivity index (χ3v) is 13.5. The first-order chi connectivity index (χ1) is 38.7. The number of aliphatic hydroxyl groups is 1.